The van der Waals surface area contributed by atoms with Crippen LogP contribution in [0.1, 0.15) is 17.3 Å². The third-order valence-electron chi connectivity index (χ3n) is 3.44. The molecule has 154 valence electrons. The quantitative estimate of drug-likeness (QED) is 0.325. The number of thiocarbonyl (C=S) groups is 1. The highest BCUT2D eigenvalue weighted by molar-refractivity contribution is 7.80. The van der Waals surface area contributed by atoms with E-state index in [1.807, 2.05) is 30.3 Å². The lowest BCUT2D eigenvalue weighted by Gasteiger charge is -2.12. The SMILES string of the molecule is CCOCC(=O)NNC(=S)NC(=O)c1cccc(OCCOc2ccccc2)c1. The Bertz CT molecular complexity index is 817. The predicted molar refractivity (Wildman–Crippen MR) is 112 cm³/mol. The molecule has 3 N–H and O–H groups in total. The number of carbonyl (C=O) groups excluding carboxylic acids is 2. The molecule has 2 aromatic rings. The minimum absolute atomic E-state index is 0.0394. The zero-order chi connectivity index (χ0) is 20.9. The van der Waals surface area contributed by atoms with Crippen LogP contribution in [-0.4, -0.2) is 43.4 Å². The van der Waals surface area contributed by atoms with Crippen LogP contribution in [0.2, 0.25) is 0 Å². The number of benzene rings is 2. The van der Waals surface area contributed by atoms with Gasteiger partial charge in [0, 0.05) is 12.2 Å². The average molecular weight is 417 g/mol. The van der Waals surface area contributed by atoms with Crippen LogP contribution in [0.3, 0.4) is 0 Å². The number of hydrazine groups is 1. The molecule has 2 rings (SSSR count). The monoisotopic (exact) mass is 417 g/mol. The maximum absolute atomic E-state index is 12.3. The minimum Gasteiger partial charge on any atom is -0.490 e. The molecule has 0 aromatic heterocycles. The number of amides is 2. The van der Waals surface area contributed by atoms with Gasteiger partial charge in [-0.1, -0.05) is 24.3 Å². The molecule has 0 radical (unpaired) electrons. The second kappa shape index (κ2) is 12.3. The van der Waals surface area contributed by atoms with Crippen molar-refractivity contribution >= 4 is 29.1 Å². The van der Waals surface area contributed by atoms with Crippen molar-refractivity contribution in [3.05, 3.63) is 60.2 Å². The fourth-order valence-corrected chi connectivity index (χ4v) is 2.27. The van der Waals surface area contributed by atoms with E-state index in [0.29, 0.717) is 31.1 Å². The number of hydrogen-bond acceptors (Lipinski definition) is 6. The Hall–Kier alpha value is -3.17. The largest absolute Gasteiger partial charge is 0.490 e. The van der Waals surface area contributed by atoms with E-state index in [1.54, 1.807) is 31.2 Å². The molecule has 29 heavy (non-hydrogen) atoms. The third-order valence-corrected chi connectivity index (χ3v) is 3.64. The molecule has 2 amide bonds. The molecule has 0 saturated heterocycles. The Morgan fingerprint density at radius 3 is 2.34 bits per heavy atom. The molecule has 0 bridgehead atoms. The van der Waals surface area contributed by atoms with Gasteiger partial charge >= 0.3 is 0 Å². The number of carbonyl (C=O) groups is 2. The molecule has 0 heterocycles. The van der Waals surface area contributed by atoms with E-state index < -0.39 is 11.8 Å². The molecule has 2 aromatic carbocycles. The van der Waals surface area contributed by atoms with Gasteiger partial charge in [-0.15, -0.1) is 0 Å². The van der Waals surface area contributed by atoms with Gasteiger partial charge in [0.15, 0.2) is 5.11 Å². The molecule has 0 fully saturated rings. The van der Waals surface area contributed by atoms with E-state index in [-0.39, 0.29) is 11.7 Å². The van der Waals surface area contributed by atoms with Crippen molar-refractivity contribution in [3.63, 3.8) is 0 Å². The summed E-state index contributed by atoms with van der Waals surface area (Å²) in [6.45, 7) is 2.79. The highest BCUT2D eigenvalue weighted by Crippen LogP contribution is 2.14. The molecular formula is C20H23N3O5S. The topological polar surface area (TPSA) is 97.9 Å². The first-order chi connectivity index (χ1) is 14.1. The molecule has 9 heteroatoms. The van der Waals surface area contributed by atoms with Crippen molar-refractivity contribution < 1.29 is 23.8 Å². The van der Waals surface area contributed by atoms with Gasteiger partial charge in [0.2, 0.25) is 0 Å². The van der Waals surface area contributed by atoms with Gasteiger partial charge in [0.25, 0.3) is 11.8 Å². The summed E-state index contributed by atoms with van der Waals surface area (Å²) in [4.78, 5) is 23.7. The maximum atomic E-state index is 12.3. The maximum Gasteiger partial charge on any atom is 0.264 e. The van der Waals surface area contributed by atoms with E-state index in [0.717, 1.165) is 5.75 Å². The van der Waals surface area contributed by atoms with Gasteiger partial charge in [-0.3, -0.25) is 25.8 Å². The average Bonchev–Trinajstić information content (AvgIpc) is 2.74. The van der Waals surface area contributed by atoms with Crippen molar-refractivity contribution in [3.8, 4) is 11.5 Å². The van der Waals surface area contributed by atoms with E-state index in [9.17, 15) is 9.59 Å². The van der Waals surface area contributed by atoms with Crippen LogP contribution in [0.4, 0.5) is 0 Å². The van der Waals surface area contributed by atoms with Crippen LogP contribution in [0.5, 0.6) is 11.5 Å². The number of nitrogens with one attached hydrogen (secondary N) is 3. The standard InChI is InChI=1S/C20H23N3O5S/c1-2-26-14-18(24)22-23-20(29)21-19(25)15-7-6-10-17(13-15)28-12-11-27-16-8-4-3-5-9-16/h3-10,13H,2,11-12,14H2,1H3,(H,22,24)(H2,21,23,25,29). The summed E-state index contributed by atoms with van der Waals surface area (Å²) < 4.78 is 16.1. The Morgan fingerprint density at radius 1 is 0.931 bits per heavy atom. The number of hydrogen-bond donors (Lipinski definition) is 3. The van der Waals surface area contributed by atoms with Crippen LogP contribution in [0, 0.1) is 0 Å². The fraction of sp³-hybridized carbons (Fsp3) is 0.250. The second-order valence-corrected chi connectivity index (χ2v) is 6.04. The second-order valence-electron chi connectivity index (χ2n) is 5.63. The summed E-state index contributed by atoms with van der Waals surface area (Å²) in [5.74, 6) is 0.445. The number of rotatable bonds is 9. The van der Waals surface area contributed by atoms with Crippen molar-refractivity contribution in [2.45, 2.75) is 6.92 Å². The smallest absolute Gasteiger partial charge is 0.264 e. The zero-order valence-electron chi connectivity index (χ0n) is 16.0. The number of ether oxygens (including phenoxy) is 3. The van der Waals surface area contributed by atoms with Crippen LogP contribution in [0.15, 0.2) is 54.6 Å². The molecule has 0 aliphatic rings. The first kappa shape index (κ1) is 22.1. The van der Waals surface area contributed by atoms with Crippen LogP contribution in [0.25, 0.3) is 0 Å². The molecule has 0 saturated carbocycles. The van der Waals surface area contributed by atoms with Crippen molar-refractivity contribution in [1.82, 2.24) is 16.2 Å². The zero-order valence-corrected chi connectivity index (χ0v) is 16.8. The minimum atomic E-state index is -0.437. The summed E-state index contributed by atoms with van der Waals surface area (Å²) in [5.41, 5.74) is 5.12. The lowest BCUT2D eigenvalue weighted by atomic mass is 10.2. The summed E-state index contributed by atoms with van der Waals surface area (Å²) in [5, 5.41) is 2.43. The molecule has 0 aliphatic heterocycles. The summed E-state index contributed by atoms with van der Waals surface area (Å²) in [6.07, 6.45) is 0. The van der Waals surface area contributed by atoms with E-state index >= 15 is 0 Å². The van der Waals surface area contributed by atoms with Crippen molar-refractivity contribution in [1.29, 1.82) is 0 Å². The van der Waals surface area contributed by atoms with Crippen LogP contribution in [-0.2, 0) is 9.53 Å². The summed E-state index contributed by atoms with van der Waals surface area (Å²) in [7, 11) is 0. The highest BCUT2D eigenvalue weighted by Gasteiger charge is 2.10. The molecule has 8 nitrogen and oxygen atoms in total. The summed E-state index contributed by atoms with van der Waals surface area (Å²) >= 11 is 4.98. The van der Waals surface area contributed by atoms with Crippen molar-refractivity contribution in [2.75, 3.05) is 26.4 Å². The van der Waals surface area contributed by atoms with Crippen LogP contribution >= 0.6 is 12.2 Å². The first-order valence-electron chi connectivity index (χ1n) is 8.97. The molecule has 0 unspecified atom stereocenters. The first-order valence-corrected chi connectivity index (χ1v) is 9.38. The Morgan fingerprint density at radius 2 is 1.62 bits per heavy atom. The molecular weight excluding hydrogens is 394 g/mol. The van der Waals surface area contributed by atoms with Crippen LogP contribution < -0.4 is 25.6 Å². The number of para-hydroxylation sites is 1. The van der Waals surface area contributed by atoms with E-state index in [4.69, 9.17) is 26.4 Å². The fourth-order valence-electron chi connectivity index (χ4n) is 2.13. The summed E-state index contributed by atoms with van der Waals surface area (Å²) in [6, 6.07) is 16.1. The van der Waals surface area contributed by atoms with Gasteiger partial charge in [0.1, 0.15) is 31.3 Å². The predicted octanol–water partition coefficient (Wildman–Crippen LogP) is 1.82. The molecule has 0 atom stereocenters. The lowest BCUT2D eigenvalue weighted by molar-refractivity contribution is -0.126. The Kier molecular flexibility index (Phi) is 9.40. The Balaban J connectivity index is 1.75. The van der Waals surface area contributed by atoms with E-state index in [1.165, 1.54) is 0 Å². The van der Waals surface area contributed by atoms with E-state index in [2.05, 4.69) is 16.2 Å². The molecule has 0 aliphatic carbocycles. The normalized spacial score (nSPS) is 9.97. The van der Waals surface area contributed by atoms with Gasteiger partial charge < -0.3 is 14.2 Å². The van der Waals surface area contributed by atoms with Gasteiger partial charge in [-0.05, 0) is 49.5 Å². The van der Waals surface area contributed by atoms with Gasteiger partial charge in [-0.2, -0.15) is 0 Å². The van der Waals surface area contributed by atoms with Gasteiger partial charge in [0.05, 0.1) is 0 Å². The molecule has 0 spiro atoms. The highest BCUT2D eigenvalue weighted by atomic mass is 32.1. The van der Waals surface area contributed by atoms with Crippen molar-refractivity contribution in [2.24, 2.45) is 0 Å². The Labute approximate surface area is 174 Å². The third kappa shape index (κ3) is 8.58. The van der Waals surface area contributed by atoms with Gasteiger partial charge in [-0.25, -0.2) is 0 Å². The lowest BCUT2D eigenvalue weighted by Crippen LogP contribution is -2.49.